The first-order valence-electron chi connectivity index (χ1n) is 3.95. The predicted molar refractivity (Wildman–Crippen MR) is 58.0 cm³/mol. The number of halogens is 2. The molecule has 1 aromatic rings. The molecule has 1 unspecified atom stereocenters. The van der Waals surface area contributed by atoms with Crippen molar-refractivity contribution in [2.75, 3.05) is 12.4 Å². The Morgan fingerprint density at radius 3 is 2.85 bits per heavy atom. The Labute approximate surface area is 91.4 Å². The minimum Gasteiger partial charge on any atom is -0.481 e. The molecule has 0 aliphatic carbocycles. The predicted octanol–water partition coefficient (Wildman–Crippen LogP) is 3.24. The lowest BCUT2D eigenvalue weighted by Gasteiger charge is -2.11. The Morgan fingerprint density at radius 1 is 1.62 bits per heavy atom. The second-order valence-electron chi connectivity index (χ2n) is 2.79. The van der Waals surface area contributed by atoms with Crippen molar-refractivity contribution in [3.05, 3.63) is 22.8 Å². The van der Waals surface area contributed by atoms with E-state index in [1.54, 1.807) is 13.2 Å². The van der Waals surface area contributed by atoms with Gasteiger partial charge >= 0.3 is 0 Å². The van der Waals surface area contributed by atoms with Crippen LogP contribution in [0.1, 0.15) is 18.4 Å². The van der Waals surface area contributed by atoms with Crippen LogP contribution in [-0.2, 0) is 0 Å². The van der Waals surface area contributed by atoms with Crippen molar-refractivity contribution < 1.29 is 4.74 Å². The van der Waals surface area contributed by atoms with Crippen LogP contribution < -0.4 is 4.74 Å². The molecule has 2 nitrogen and oxygen atoms in total. The van der Waals surface area contributed by atoms with Crippen molar-refractivity contribution >= 4 is 27.5 Å². The molecule has 13 heavy (non-hydrogen) atoms. The third-order valence-electron chi connectivity index (χ3n) is 1.81. The van der Waals surface area contributed by atoms with E-state index in [4.69, 9.17) is 16.3 Å². The maximum atomic E-state index is 5.74. The van der Waals surface area contributed by atoms with Crippen LogP contribution >= 0.6 is 27.5 Å². The van der Waals surface area contributed by atoms with Crippen LogP contribution in [0.2, 0.25) is 5.15 Å². The molecular weight excluding hydrogens is 253 g/mol. The molecule has 1 aromatic heterocycles. The van der Waals surface area contributed by atoms with E-state index in [0.717, 1.165) is 10.9 Å². The molecule has 0 saturated heterocycles. The smallest absolute Gasteiger partial charge is 0.217 e. The van der Waals surface area contributed by atoms with Gasteiger partial charge in [-0.2, -0.15) is 0 Å². The topological polar surface area (TPSA) is 22.1 Å². The van der Waals surface area contributed by atoms with Gasteiger partial charge in [0.25, 0.3) is 0 Å². The van der Waals surface area contributed by atoms with Crippen molar-refractivity contribution in [1.82, 2.24) is 4.98 Å². The highest BCUT2D eigenvalue weighted by molar-refractivity contribution is 9.09. The van der Waals surface area contributed by atoms with Crippen molar-refractivity contribution in [3.8, 4) is 5.88 Å². The number of aromatic nitrogens is 1. The number of ether oxygens (including phenoxy) is 1. The molecule has 0 amide bonds. The molecule has 4 heteroatoms. The summed E-state index contributed by atoms with van der Waals surface area (Å²) in [6.45, 7) is 2.10. The fourth-order valence-corrected chi connectivity index (χ4v) is 1.54. The molecule has 0 N–H and O–H groups in total. The standard InChI is InChI=1S/C9H11BrClNO/c1-6(5-10)7-3-4-8(11)12-9(7)13-2/h3-4,6H,5H2,1-2H3. The summed E-state index contributed by atoms with van der Waals surface area (Å²) in [4.78, 5) is 4.08. The van der Waals surface area contributed by atoms with Crippen LogP contribution in [0.5, 0.6) is 5.88 Å². The van der Waals surface area contributed by atoms with Crippen LogP contribution in [0, 0.1) is 0 Å². The van der Waals surface area contributed by atoms with Gasteiger partial charge in [-0.25, -0.2) is 4.98 Å². The quantitative estimate of drug-likeness (QED) is 0.618. The molecular formula is C9H11BrClNO. The average molecular weight is 265 g/mol. The molecule has 0 radical (unpaired) electrons. The van der Waals surface area contributed by atoms with E-state index >= 15 is 0 Å². The van der Waals surface area contributed by atoms with Gasteiger partial charge in [-0.1, -0.05) is 40.5 Å². The van der Waals surface area contributed by atoms with E-state index in [1.165, 1.54) is 0 Å². The van der Waals surface area contributed by atoms with Crippen LogP contribution in [0.15, 0.2) is 12.1 Å². The van der Waals surface area contributed by atoms with Crippen molar-refractivity contribution in [3.63, 3.8) is 0 Å². The number of rotatable bonds is 3. The normalized spacial score (nSPS) is 12.6. The summed E-state index contributed by atoms with van der Waals surface area (Å²) >= 11 is 9.16. The van der Waals surface area contributed by atoms with Gasteiger partial charge in [0.15, 0.2) is 0 Å². The zero-order valence-electron chi connectivity index (χ0n) is 7.55. The highest BCUT2D eigenvalue weighted by Gasteiger charge is 2.11. The Kier molecular flexibility index (Phi) is 4.00. The van der Waals surface area contributed by atoms with Crippen LogP contribution in [0.4, 0.5) is 0 Å². The number of methoxy groups -OCH3 is 1. The number of hydrogen-bond donors (Lipinski definition) is 0. The molecule has 0 saturated carbocycles. The summed E-state index contributed by atoms with van der Waals surface area (Å²) in [6, 6.07) is 3.72. The highest BCUT2D eigenvalue weighted by atomic mass is 79.9. The largest absolute Gasteiger partial charge is 0.481 e. The third-order valence-corrected chi connectivity index (χ3v) is 2.99. The van der Waals surface area contributed by atoms with Crippen molar-refractivity contribution in [1.29, 1.82) is 0 Å². The highest BCUT2D eigenvalue weighted by Crippen LogP contribution is 2.27. The summed E-state index contributed by atoms with van der Waals surface area (Å²) in [5.41, 5.74) is 1.07. The second kappa shape index (κ2) is 4.82. The minimum absolute atomic E-state index is 0.375. The monoisotopic (exact) mass is 263 g/mol. The maximum absolute atomic E-state index is 5.74. The lowest BCUT2D eigenvalue weighted by atomic mass is 10.1. The van der Waals surface area contributed by atoms with Crippen molar-refractivity contribution in [2.45, 2.75) is 12.8 Å². The van der Waals surface area contributed by atoms with Gasteiger partial charge in [0.2, 0.25) is 5.88 Å². The van der Waals surface area contributed by atoms with Gasteiger partial charge in [-0.15, -0.1) is 0 Å². The molecule has 72 valence electrons. The van der Waals surface area contributed by atoms with Crippen LogP contribution in [-0.4, -0.2) is 17.4 Å². The van der Waals surface area contributed by atoms with E-state index in [9.17, 15) is 0 Å². The first-order valence-corrected chi connectivity index (χ1v) is 5.45. The number of nitrogens with zero attached hydrogens (tertiary/aromatic N) is 1. The first-order chi connectivity index (χ1) is 6.19. The molecule has 0 aromatic carbocycles. The Bertz CT molecular complexity index is 293. The average Bonchev–Trinajstić information content (AvgIpc) is 2.16. The zero-order valence-corrected chi connectivity index (χ0v) is 9.89. The third kappa shape index (κ3) is 2.58. The van der Waals surface area contributed by atoms with E-state index < -0.39 is 0 Å². The lowest BCUT2D eigenvalue weighted by Crippen LogP contribution is -2.00. The zero-order chi connectivity index (χ0) is 9.84. The van der Waals surface area contributed by atoms with Gasteiger partial charge in [0.05, 0.1) is 7.11 Å². The molecule has 1 rings (SSSR count). The second-order valence-corrected chi connectivity index (χ2v) is 3.82. The van der Waals surface area contributed by atoms with Crippen molar-refractivity contribution in [2.24, 2.45) is 0 Å². The molecule has 0 spiro atoms. The molecule has 1 heterocycles. The fraction of sp³-hybridized carbons (Fsp3) is 0.444. The maximum Gasteiger partial charge on any atom is 0.217 e. The van der Waals surface area contributed by atoms with E-state index in [2.05, 4.69) is 27.8 Å². The van der Waals surface area contributed by atoms with E-state index in [-0.39, 0.29) is 0 Å². The van der Waals surface area contributed by atoms with Gasteiger partial charge in [0.1, 0.15) is 5.15 Å². The molecule has 1 atom stereocenters. The Morgan fingerprint density at radius 2 is 2.31 bits per heavy atom. The number of pyridine rings is 1. The van der Waals surface area contributed by atoms with E-state index in [1.807, 2.05) is 6.07 Å². The summed E-state index contributed by atoms with van der Waals surface area (Å²) in [5, 5.41) is 1.34. The van der Waals surface area contributed by atoms with Gasteiger partial charge in [-0.05, 0) is 12.0 Å². The number of alkyl halides is 1. The molecule has 0 fully saturated rings. The van der Waals surface area contributed by atoms with Crippen LogP contribution in [0.3, 0.4) is 0 Å². The SMILES string of the molecule is COc1nc(Cl)ccc1C(C)CBr. The summed E-state index contributed by atoms with van der Waals surface area (Å²) in [5.74, 6) is 0.985. The molecule has 0 aliphatic heterocycles. The van der Waals surface area contributed by atoms with E-state index in [0.29, 0.717) is 17.0 Å². The fourth-order valence-electron chi connectivity index (χ4n) is 1.05. The Balaban J connectivity index is 3.05. The lowest BCUT2D eigenvalue weighted by molar-refractivity contribution is 0.390. The molecule has 0 aliphatic rings. The number of hydrogen-bond acceptors (Lipinski definition) is 2. The summed E-state index contributed by atoms with van der Waals surface area (Å²) < 4.78 is 5.13. The van der Waals surface area contributed by atoms with Crippen LogP contribution in [0.25, 0.3) is 0 Å². The van der Waals surface area contributed by atoms with Gasteiger partial charge in [0, 0.05) is 10.9 Å². The summed E-state index contributed by atoms with van der Waals surface area (Å²) in [7, 11) is 1.60. The first kappa shape index (κ1) is 10.8. The molecule has 0 bridgehead atoms. The van der Waals surface area contributed by atoms with Gasteiger partial charge < -0.3 is 4.74 Å². The minimum atomic E-state index is 0.375. The Hall–Kier alpha value is -0.280. The summed E-state index contributed by atoms with van der Waals surface area (Å²) in [6.07, 6.45) is 0. The van der Waals surface area contributed by atoms with Gasteiger partial charge in [-0.3, -0.25) is 0 Å².